The second-order valence-electron chi connectivity index (χ2n) is 3.90. The molecule has 1 aromatic heterocycles. The van der Waals surface area contributed by atoms with Gasteiger partial charge in [0.1, 0.15) is 0 Å². The third-order valence-electron chi connectivity index (χ3n) is 2.54. The molecule has 3 N–H and O–H groups in total. The van der Waals surface area contributed by atoms with E-state index in [9.17, 15) is 19.5 Å². The van der Waals surface area contributed by atoms with E-state index in [0.29, 0.717) is 10.7 Å². The van der Waals surface area contributed by atoms with E-state index >= 15 is 0 Å². The van der Waals surface area contributed by atoms with Crippen LogP contribution in [0.3, 0.4) is 0 Å². The summed E-state index contributed by atoms with van der Waals surface area (Å²) in [7, 11) is 0. The van der Waals surface area contributed by atoms with Crippen molar-refractivity contribution in [3.05, 3.63) is 50.9 Å². The first-order chi connectivity index (χ1) is 9.81. The first kappa shape index (κ1) is 14.5. The van der Waals surface area contributed by atoms with E-state index in [2.05, 4.69) is 5.10 Å². The van der Waals surface area contributed by atoms with Gasteiger partial charge in [-0.1, -0.05) is 11.6 Å². The van der Waals surface area contributed by atoms with Crippen LogP contribution in [0.1, 0.15) is 20.8 Å². The van der Waals surface area contributed by atoms with E-state index in [4.69, 9.17) is 21.8 Å². The molecule has 2 aromatic rings. The third-order valence-corrected chi connectivity index (χ3v) is 2.87. The van der Waals surface area contributed by atoms with Gasteiger partial charge in [0, 0.05) is 6.07 Å². The van der Waals surface area contributed by atoms with E-state index in [1.165, 1.54) is 12.1 Å². The Kier molecular flexibility index (Phi) is 3.64. The van der Waals surface area contributed by atoms with Gasteiger partial charge in [-0.15, -0.1) is 0 Å². The Hall–Kier alpha value is -2.87. The van der Waals surface area contributed by atoms with Gasteiger partial charge in [-0.05, 0) is 18.2 Å². The number of aromatic carboxylic acids is 2. The van der Waals surface area contributed by atoms with Crippen molar-refractivity contribution in [2.45, 2.75) is 0 Å². The number of carboxylic acids is 2. The fraction of sp³-hybridized carbons (Fsp3) is 0. The number of rotatable bonds is 3. The van der Waals surface area contributed by atoms with E-state index in [1.807, 2.05) is 0 Å². The van der Waals surface area contributed by atoms with Gasteiger partial charge in [0.05, 0.1) is 16.3 Å². The quantitative estimate of drug-likeness (QED) is 0.770. The molecule has 0 spiro atoms. The lowest BCUT2D eigenvalue weighted by Crippen LogP contribution is -2.23. The molecule has 0 unspecified atom stereocenters. The largest absolute Gasteiger partial charge is 0.505 e. The zero-order chi connectivity index (χ0) is 15.7. The summed E-state index contributed by atoms with van der Waals surface area (Å²) in [5.41, 5.74) is -1.82. The second kappa shape index (κ2) is 5.25. The lowest BCUT2D eigenvalue weighted by atomic mass is 10.2. The van der Waals surface area contributed by atoms with Crippen LogP contribution >= 0.6 is 11.6 Å². The smallest absolute Gasteiger partial charge is 0.360 e. The average molecular weight is 311 g/mol. The predicted octanol–water partition coefficient (Wildman–Crippen LogP) is 0.988. The van der Waals surface area contributed by atoms with E-state index < -0.39 is 28.9 Å². The number of aromatic nitrogens is 2. The molecule has 0 atom stereocenters. The topological polar surface area (TPSA) is 130 Å². The van der Waals surface area contributed by atoms with Gasteiger partial charge in [0.2, 0.25) is 5.69 Å². The number of carboxylic acid groups (broad SMARTS) is 2. The highest BCUT2D eigenvalue weighted by molar-refractivity contribution is 6.33. The lowest BCUT2D eigenvalue weighted by molar-refractivity contribution is 0.0677. The van der Waals surface area contributed by atoms with Crippen molar-refractivity contribution in [3.8, 4) is 11.4 Å². The monoisotopic (exact) mass is 310 g/mol. The lowest BCUT2D eigenvalue weighted by Gasteiger charge is -2.08. The van der Waals surface area contributed by atoms with Crippen molar-refractivity contribution in [2.75, 3.05) is 0 Å². The molecule has 21 heavy (non-hydrogen) atoms. The van der Waals surface area contributed by atoms with Crippen LogP contribution in [0.4, 0.5) is 0 Å². The normalized spacial score (nSPS) is 10.3. The third kappa shape index (κ3) is 2.70. The molecule has 0 fully saturated rings. The Labute approximate surface area is 121 Å². The molecule has 9 heteroatoms. The van der Waals surface area contributed by atoms with E-state index in [-0.39, 0.29) is 16.3 Å². The number of nitrogens with zero attached hydrogens (tertiary/aromatic N) is 2. The van der Waals surface area contributed by atoms with Crippen LogP contribution in [0.15, 0.2) is 29.1 Å². The molecule has 0 aliphatic carbocycles. The Morgan fingerprint density at radius 3 is 2.38 bits per heavy atom. The van der Waals surface area contributed by atoms with Crippen LogP contribution in [0, 0.1) is 0 Å². The molecule has 0 aliphatic heterocycles. The van der Waals surface area contributed by atoms with Crippen LogP contribution in [0.25, 0.3) is 5.69 Å². The Morgan fingerprint density at radius 1 is 1.14 bits per heavy atom. The molecule has 1 aromatic carbocycles. The van der Waals surface area contributed by atoms with Crippen molar-refractivity contribution >= 4 is 23.5 Å². The summed E-state index contributed by atoms with van der Waals surface area (Å²) in [6.45, 7) is 0. The van der Waals surface area contributed by atoms with Gasteiger partial charge < -0.3 is 15.3 Å². The van der Waals surface area contributed by atoms with Crippen molar-refractivity contribution in [2.24, 2.45) is 0 Å². The highest BCUT2D eigenvalue weighted by atomic mass is 35.5. The molecule has 2 rings (SSSR count). The van der Waals surface area contributed by atoms with Gasteiger partial charge in [-0.2, -0.15) is 9.78 Å². The number of benzene rings is 1. The van der Waals surface area contributed by atoms with Crippen molar-refractivity contribution < 1.29 is 24.9 Å². The van der Waals surface area contributed by atoms with Crippen LogP contribution in [0.5, 0.6) is 5.75 Å². The maximum atomic E-state index is 11.7. The summed E-state index contributed by atoms with van der Waals surface area (Å²) in [5, 5.41) is 30.6. The maximum absolute atomic E-state index is 11.7. The van der Waals surface area contributed by atoms with E-state index in [1.54, 1.807) is 0 Å². The molecular formula is C12H7ClN2O6. The highest BCUT2D eigenvalue weighted by Crippen LogP contribution is 2.20. The molecular weight excluding hydrogens is 304 g/mol. The number of halogens is 1. The van der Waals surface area contributed by atoms with Crippen LogP contribution < -0.4 is 5.56 Å². The van der Waals surface area contributed by atoms with Crippen molar-refractivity contribution in [1.29, 1.82) is 0 Å². The molecule has 0 saturated heterocycles. The fourth-order valence-corrected chi connectivity index (χ4v) is 1.79. The van der Waals surface area contributed by atoms with E-state index in [0.717, 1.165) is 6.07 Å². The van der Waals surface area contributed by atoms with Gasteiger partial charge in [-0.3, -0.25) is 4.79 Å². The first-order valence-electron chi connectivity index (χ1n) is 5.41. The number of aromatic hydroxyl groups is 1. The predicted molar refractivity (Wildman–Crippen MR) is 70.4 cm³/mol. The first-order valence-corrected chi connectivity index (χ1v) is 5.79. The summed E-state index contributed by atoms with van der Waals surface area (Å²) < 4.78 is 0.659. The molecule has 0 saturated carbocycles. The molecule has 0 bridgehead atoms. The van der Waals surface area contributed by atoms with Crippen molar-refractivity contribution in [3.63, 3.8) is 0 Å². The van der Waals surface area contributed by atoms with Gasteiger partial charge >= 0.3 is 11.9 Å². The minimum absolute atomic E-state index is 0.00398. The van der Waals surface area contributed by atoms with Gasteiger partial charge in [0.15, 0.2) is 5.75 Å². The summed E-state index contributed by atoms with van der Waals surface area (Å²) in [6, 6.07) is 4.28. The maximum Gasteiger partial charge on any atom is 0.360 e. The van der Waals surface area contributed by atoms with Gasteiger partial charge in [0.25, 0.3) is 5.56 Å². The standard InChI is InChI=1S/C12H7ClN2O6/c13-7-2-1-5(3-6(7)11(18)19)15-9(17)4-8(16)10(14-15)12(20)21/h1-4,16H,(H,18,19)(H,20,21). The number of hydrogen-bond acceptors (Lipinski definition) is 5. The summed E-state index contributed by atoms with van der Waals surface area (Å²) >= 11 is 5.70. The highest BCUT2D eigenvalue weighted by Gasteiger charge is 2.17. The second-order valence-corrected chi connectivity index (χ2v) is 4.31. The zero-order valence-corrected chi connectivity index (χ0v) is 10.9. The minimum Gasteiger partial charge on any atom is -0.505 e. The van der Waals surface area contributed by atoms with Crippen LogP contribution in [-0.2, 0) is 0 Å². The Balaban J connectivity index is 2.70. The molecule has 108 valence electrons. The van der Waals surface area contributed by atoms with Crippen LogP contribution in [0.2, 0.25) is 5.02 Å². The molecule has 0 amide bonds. The average Bonchev–Trinajstić information content (AvgIpc) is 2.39. The van der Waals surface area contributed by atoms with Crippen LogP contribution in [-0.4, -0.2) is 37.0 Å². The summed E-state index contributed by atoms with van der Waals surface area (Å²) in [6.07, 6.45) is 0. The molecule has 1 heterocycles. The number of carbonyl (C=O) groups is 2. The fourth-order valence-electron chi connectivity index (χ4n) is 1.59. The SMILES string of the molecule is O=C(O)c1cc(-n2nc(C(=O)O)c(O)cc2=O)ccc1Cl. The molecule has 8 nitrogen and oxygen atoms in total. The minimum atomic E-state index is -1.53. The summed E-state index contributed by atoms with van der Waals surface area (Å²) in [5.74, 6) is -3.63. The van der Waals surface area contributed by atoms with Crippen molar-refractivity contribution in [1.82, 2.24) is 9.78 Å². The van der Waals surface area contributed by atoms with Gasteiger partial charge in [-0.25, -0.2) is 9.59 Å². The molecule has 0 radical (unpaired) electrons. The Morgan fingerprint density at radius 2 is 1.81 bits per heavy atom. The molecule has 0 aliphatic rings. The Bertz CT molecular complexity index is 814. The summed E-state index contributed by atoms with van der Waals surface area (Å²) in [4.78, 5) is 33.6. The number of hydrogen-bond donors (Lipinski definition) is 3. The zero-order valence-electron chi connectivity index (χ0n) is 10.1.